The van der Waals surface area contributed by atoms with Gasteiger partial charge in [0.25, 0.3) is 5.24 Å². The van der Waals surface area contributed by atoms with E-state index >= 15 is 0 Å². The zero-order valence-corrected chi connectivity index (χ0v) is 14.1. The molecule has 1 aliphatic rings. The molecule has 1 aromatic rings. The van der Waals surface area contributed by atoms with Crippen LogP contribution < -0.4 is 4.90 Å². The number of hydrogen-bond acceptors (Lipinski definition) is 5. The molecule has 1 N–H and O–H groups in total. The molecule has 124 valence electrons. The number of aliphatic hydroxyl groups excluding tert-OH is 1. The topological polar surface area (TPSA) is 77.9 Å². The first-order chi connectivity index (χ1) is 11.0. The third-order valence-electron chi connectivity index (χ3n) is 3.47. The molecule has 1 atom stereocenters. The molecule has 8 heteroatoms. The van der Waals surface area contributed by atoms with E-state index < -0.39 is 16.4 Å². The maximum absolute atomic E-state index is 12.4. The van der Waals surface area contributed by atoms with Crippen LogP contribution in [0.5, 0.6) is 0 Å². The van der Waals surface area contributed by atoms with Gasteiger partial charge >= 0.3 is 0 Å². The minimum absolute atomic E-state index is 0.0623. The lowest BCUT2D eigenvalue weighted by atomic mass is 10.2. The van der Waals surface area contributed by atoms with Gasteiger partial charge in [-0.3, -0.25) is 14.4 Å². The van der Waals surface area contributed by atoms with Crippen LogP contribution in [0.25, 0.3) is 0 Å². The first-order valence-corrected chi connectivity index (χ1v) is 8.42. The van der Waals surface area contributed by atoms with Crippen molar-refractivity contribution in [2.24, 2.45) is 0 Å². The summed E-state index contributed by atoms with van der Waals surface area (Å²) in [6, 6.07) is 6.38. The molecule has 23 heavy (non-hydrogen) atoms. The van der Waals surface area contributed by atoms with Crippen molar-refractivity contribution in [3.63, 3.8) is 0 Å². The Bertz CT molecular complexity index is 608. The summed E-state index contributed by atoms with van der Waals surface area (Å²) >= 11 is 6.65. The van der Waals surface area contributed by atoms with Crippen LogP contribution in [0.3, 0.4) is 0 Å². The van der Waals surface area contributed by atoms with Gasteiger partial charge in [-0.05, 0) is 43.0 Å². The van der Waals surface area contributed by atoms with E-state index in [1.807, 2.05) is 0 Å². The van der Waals surface area contributed by atoms with E-state index in [1.54, 1.807) is 31.2 Å². The van der Waals surface area contributed by atoms with E-state index in [-0.39, 0.29) is 25.5 Å². The maximum atomic E-state index is 12.4. The Kier molecular flexibility index (Phi) is 6.04. The number of amides is 3. The first-order valence-electron chi connectivity index (χ1n) is 7.16. The highest BCUT2D eigenvalue weighted by Gasteiger charge is 2.41. The van der Waals surface area contributed by atoms with Crippen molar-refractivity contribution < 1.29 is 19.5 Å². The smallest absolute Gasteiger partial charge is 0.293 e. The fraction of sp³-hybridized carbons (Fsp3) is 0.400. The largest absolute Gasteiger partial charge is 0.395 e. The van der Waals surface area contributed by atoms with Gasteiger partial charge in [0.2, 0.25) is 11.8 Å². The maximum Gasteiger partial charge on any atom is 0.293 e. The lowest BCUT2D eigenvalue weighted by Gasteiger charge is -2.20. The Morgan fingerprint density at radius 1 is 1.35 bits per heavy atom. The molecule has 1 aliphatic heterocycles. The number of carbonyl (C=O) groups excluding carboxylic acids is 3. The summed E-state index contributed by atoms with van der Waals surface area (Å²) in [7, 11) is 0. The van der Waals surface area contributed by atoms with Gasteiger partial charge in [0.15, 0.2) is 0 Å². The Hall–Kier alpha value is -1.57. The van der Waals surface area contributed by atoms with E-state index in [9.17, 15) is 14.4 Å². The average Bonchev–Trinajstić information content (AvgIpc) is 2.80. The van der Waals surface area contributed by atoms with Crippen molar-refractivity contribution in [1.82, 2.24) is 4.90 Å². The van der Waals surface area contributed by atoms with Gasteiger partial charge in [-0.25, -0.2) is 4.90 Å². The molecular weight excluding hydrogens is 340 g/mol. The van der Waals surface area contributed by atoms with E-state index in [0.29, 0.717) is 17.3 Å². The highest BCUT2D eigenvalue weighted by atomic mass is 35.5. The number of imide groups is 1. The molecule has 1 fully saturated rings. The lowest BCUT2D eigenvalue weighted by molar-refractivity contribution is -0.133. The fourth-order valence-corrected chi connectivity index (χ4v) is 3.38. The summed E-state index contributed by atoms with van der Waals surface area (Å²) in [5, 5.41) is 8.31. The molecule has 0 saturated carbocycles. The summed E-state index contributed by atoms with van der Waals surface area (Å²) in [6.45, 7) is 2.32. The molecule has 0 aromatic heterocycles. The van der Waals surface area contributed by atoms with E-state index in [1.165, 1.54) is 4.90 Å². The normalized spacial score (nSPS) is 17.7. The number of carbonyl (C=O) groups is 3. The molecule has 1 aromatic carbocycles. The van der Waals surface area contributed by atoms with Crippen molar-refractivity contribution in [3.8, 4) is 0 Å². The number of thioether (sulfide) groups is 1. The van der Waals surface area contributed by atoms with Crippen LogP contribution in [0.1, 0.15) is 13.3 Å². The molecule has 1 heterocycles. The number of hydrogen-bond donors (Lipinski definition) is 1. The molecule has 0 bridgehead atoms. The Morgan fingerprint density at radius 2 is 2.00 bits per heavy atom. The van der Waals surface area contributed by atoms with Gasteiger partial charge in [-0.15, -0.1) is 0 Å². The molecule has 0 radical (unpaired) electrons. The predicted molar refractivity (Wildman–Crippen MR) is 89.7 cm³/mol. The SMILES string of the molecule is CCN(CCO)C(=O)CC1SC(=O)N(c2ccc(Cl)cc2)C1=O. The minimum atomic E-state index is -0.738. The number of rotatable bonds is 6. The van der Waals surface area contributed by atoms with Crippen LogP contribution in [0.15, 0.2) is 24.3 Å². The minimum Gasteiger partial charge on any atom is -0.395 e. The number of halogens is 1. The number of benzene rings is 1. The Labute approximate surface area is 143 Å². The summed E-state index contributed by atoms with van der Waals surface area (Å²) < 4.78 is 0. The van der Waals surface area contributed by atoms with Crippen LogP contribution in [-0.4, -0.2) is 52.0 Å². The molecule has 2 rings (SSSR count). The summed E-state index contributed by atoms with van der Waals surface area (Å²) in [5.41, 5.74) is 0.439. The van der Waals surface area contributed by atoms with Crippen molar-refractivity contribution in [1.29, 1.82) is 0 Å². The Morgan fingerprint density at radius 3 is 2.57 bits per heavy atom. The van der Waals surface area contributed by atoms with Gasteiger partial charge in [0.05, 0.1) is 12.3 Å². The number of anilines is 1. The van der Waals surface area contributed by atoms with Crippen molar-refractivity contribution in [2.75, 3.05) is 24.6 Å². The molecule has 0 aliphatic carbocycles. The summed E-state index contributed by atoms with van der Waals surface area (Å²) in [4.78, 5) is 39.2. The van der Waals surface area contributed by atoms with E-state index in [4.69, 9.17) is 16.7 Å². The molecule has 1 saturated heterocycles. The number of likely N-dealkylation sites (N-methyl/N-ethyl adjacent to an activating group) is 1. The second-order valence-corrected chi connectivity index (χ2v) is 6.51. The quantitative estimate of drug-likeness (QED) is 0.844. The van der Waals surface area contributed by atoms with Crippen LogP contribution >= 0.6 is 23.4 Å². The summed E-state index contributed by atoms with van der Waals surface area (Å²) in [6.07, 6.45) is -0.0623. The third kappa shape index (κ3) is 4.04. The zero-order chi connectivity index (χ0) is 17.0. The van der Waals surface area contributed by atoms with E-state index in [0.717, 1.165) is 16.7 Å². The molecule has 3 amide bonds. The average molecular weight is 357 g/mol. The number of aliphatic hydroxyl groups is 1. The highest BCUT2D eigenvalue weighted by molar-refractivity contribution is 8.15. The fourth-order valence-electron chi connectivity index (χ4n) is 2.28. The second kappa shape index (κ2) is 7.81. The lowest BCUT2D eigenvalue weighted by Crippen LogP contribution is -2.37. The van der Waals surface area contributed by atoms with Crippen molar-refractivity contribution in [3.05, 3.63) is 29.3 Å². The second-order valence-electron chi connectivity index (χ2n) is 4.92. The molecule has 1 unspecified atom stereocenters. The molecule has 0 spiro atoms. The van der Waals surface area contributed by atoms with Crippen molar-refractivity contribution >= 4 is 46.1 Å². The van der Waals surface area contributed by atoms with Crippen molar-refractivity contribution in [2.45, 2.75) is 18.6 Å². The van der Waals surface area contributed by atoms with Gasteiger partial charge in [0.1, 0.15) is 5.25 Å². The van der Waals surface area contributed by atoms with E-state index in [2.05, 4.69) is 0 Å². The number of nitrogens with zero attached hydrogens (tertiary/aromatic N) is 2. The van der Waals surface area contributed by atoms with Crippen LogP contribution in [0.4, 0.5) is 10.5 Å². The molecular formula is C15H17ClN2O4S. The van der Waals surface area contributed by atoms with Crippen LogP contribution in [0, 0.1) is 0 Å². The van der Waals surface area contributed by atoms with Crippen LogP contribution in [-0.2, 0) is 9.59 Å². The van der Waals surface area contributed by atoms with Gasteiger partial charge in [-0.2, -0.15) is 0 Å². The van der Waals surface area contributed by atoms with Gasteiger partial charge < -0.3 is 10.0 Å². The van der Waals surface area contributed by atoms with Crippen LogP contribution in [0.2, 0.25) is 5.02 Å². The standard InChI is InChI=1S/C15H17ClN2O4S/c1-2-17(7-8-19)13(20)9-12-14(21)18(15(22)23-12)11-5-3-10(16)4-6-11/h3-6,12,19H,2,7-9H2,1H3. The summed E-state index contributed by atoms with van der Waals surface area (Å²) in [5.74, 6) is -0.658. The predicted octanol–water partition coefficient (Wildman–Crippen LogP) is 2.14. The van der Waals surface area contributed by atoms with Gasteiger partial charge in [0, 0.05) is 24.5 Å². The van der Waals surface area contributed by atoms with Gasteiger partial charge in [-0.1, -0.05) is 11.6 Å². The zero-order valence-electron chi connectivity index (χ0n) is 12.6. The monoisotopic (exact) mass is 356 g/mol. The first kappa shape index (κ1) is 17.8. The Balaban J connectivity index is 2.09. The molecule has 6 nitrogen and oxygen atoms in total. The highest BCUT2D eigenvalue weighted by Crippen LogP contribution is 2.34. The third-order valence-corrected chi connectivity index (χ3v) is 4.76.